The average Bonchev–Trinajstić information content (AvgIpc) is 2.91. The molecule has 4 N–H and O–H groups in total. The molecular weight excluding hydrogens is 284 g/mol. The highest BCUT2D eigenvalue weighted by Gasteiger charge is 2.34. The van der Waals surface area contributed by atoms with E-state index < -0.39 is 12.2 Å². The number of hydrogen-bond acceptors (Lipinski definition) is 8. The van der Waals surface area contributed by atoms with Crippen LogP contribution in [-0.2, 0) is 11.3 Å². The number of aliphatic hydroxyl groups is 2. The standard InChI is InChI=1S/C11H14N4O4S/c12-10-13-2-8-9(14-10)15(11(18)20-8)3-5-1-6(17)7(4-16)19-5/h2,5-7,16-17H,1,3-4H2,(H2,12,13,14)/t5?,6-,7+/m0/s1. The number of nitrogens with zero attached hydrogens (tertiary/aromatic N) is 3. The van der Waals surface area contributed by atoms with Crippen molar-refractivity contribution in [3.8, 4) is 0 Å². The molecule has 2 aromatic heterocycles. The van der Waals surface area contributed by atoms with Gasteiger partial charge in [0.15, 0.2) is 5.65 Å². The maximum absolute atomic E-state index is 12.0. The highest BCUT2D eigenvalue weighted by Crippen LogP contribution is 2.23. The van der Waals surface area contributed by atoms with Gasteiger partial charge in [0.2, 0.25) is 5.95 Å². The minimum absolute atomic E-state index is 0.102. The van der Waals surface area contributed by atoms with Gasteiger partial charge in [0.1, 0.15) is 6.10 Å². The number of nitrogens with two attached hydrogens (primary N) is 1. The lowest BCUT2D eigenvalue weighted by Crippen LogP contribution is -2.25. The first kappa shape index (κ1) is 13.4. The molecule has 20 heavy (non-hydrogen) atoms. The van der Waals surface area contributed by atoms with Gasteiger partial charge in [-0.25, -0.2) is 4.98 Å². The van der Waals surface area contributed by atoms with Crippen LogP contribution in [0, 0.1) is 0 Å². The molecule has 3 rings (SSSR count). The van der Waals surface area contributed by atoms with Crippen molar-refractivity contribution in [2.75, 3.05) is 12.3 Å². The van der Waals surface area contributed by atoms with Gasteiger partial charge in [0, 0.05) is 6.42 Å². The van der Waals surface area contributed by atoms with Crippen molar-refractivity contribution in [2.45, 2.75) is 31.3 Å². The molecular formula is C11H14N4O4S. The number of aliphatic hydroxyl groups excluding tert-OH is 2. The third kappa shape index (κ3) is 2.29. The minimum Gasteiger partial charge on any atom is -0.394 e. The molecule has 0 aromatic carbocycles. The van der Waals surface area contributed by atoms with E-state index in [0.717, 1.165) is 11.3 Å². The molecule has 1 unspecified atom stereocenters. The Morgan fingerprint density at radius 2 is 2.40 bits per heavy atom. The molecule has 0 aliphatic carbocycles. The summed E-state index contributed by atoms with van der Waals surface area (Å²) in [5.41, 5.74) is 6.01. The summed E-state index contributed by atoms with van der Waals surface area (Å²) in [5.74, 6) is 0.102. The zero-order valence-electron chi connectivity index (χ0n) is 10.5. The van der Waals surface area contributed by atoms with Crippen molar-refractivity contribution in [3.05, 3.63) is 15.9 Å². The molecule has 3 heterocycles. The molecule has 9 heteroatoms. The maximum atomic E-state index is 12.0. The van der Waals surface area contributed by atoms with Gasteiger partial charge in [-0.1, -0.05) is 11.3 Å². The number of hydrogen-bond donors (Lipinski definition) is 3. The number of rotatable bonds is 3. The summed E-state index contributed by atoms with van der Waals surface area (Å²) in [6, 6.07) is 0. The summed E-state index contributed by atoms with van der Waals surface area (Å²) in [4.78, 5) is 19.7. The van der Waals surface area contributed by atoms with E-state index in [-0.39, 0.29) is 30.1 Å². The van der Waals surface area contributed by atoms with Gasteiger partial charge in [0.05, 0.1) is 36.3 Å². The Hall–Kier alpha value is -1.55. The third-order valence-electron chi connectivity index (χ3n) is 3.30. The van der Waals surface area contributed by atoms with Crippen molar-refractivity contribution in [3.63, 3.8) is 0 Å². The van der Waals surface area contributed by atoms with Gasteiger partial charge in [-0.15, -0.1) is 0 Å². The highest BCUT2D eigenvalue weighted by molar-refractivity contribution is 7.16. The molecule has 8 nitrogen and oxygen atoms in total. The first-order valence-electron chi connectivity index (χ1n) is 6.14. The van der Waals surface area contributed by atoms with E-state index in [1.54, 1.807) is 0 Å². The van der Waals surface area contributed by atoms with Gasteiger partial charge < -0.3 is 20.7 Å². The number of anilines is 1. The van der Waals surface area contributed by atoms with Gasteiger partial charge in [-0.05, 0) is 0 Å². The number of aromatic nitrogens is 3. The Kier molecular flexibility index (Phi) is 3.42. The van der Waals surface area contributed by atoms with E-state index >= 15 is 0 Å². The Morgan fingerprint density at radius 1 is 1.60 bits per heavy atom. The summed E-state index contributed by atoms with van der Waals surface area (Å²) in [5, 5.41) is 18.8. The van der Waals surface area contributed by atoms with Crippen molar-refractivity contribution >= 4 is 27.6 Å². The van der Waals surface area contributed by atoms with Crippen LogP contribution in [0.25, 0.3) is 10.3 Å². The van der Waals surface area contributed by atoms with Crippen LogP contribution in [0.5, 0.6) is 0 Å². The van der Waals surface area contributed by atoms with Crippen LogP contribution in [0.3, 0.4) is 0 Å². The molecule has 0 bridgehead atoms. The van der Waals surface area contributed by atoms with Gasteiger partial charge >= 0.3 is 4.87 Å². The van der Waals surface area contributed by atoms with Gasteiger partial charge in [-0.3, -0.25) is 9.36 Å². The summed E-state index contributed by atoms with van der Waals surface area (Å²) >= 11 is 1.04. The molecule has 0 amide bonds. The molecule has 1 fully saturated rings. The molecule has 108 valence electrons. The minimum atomic E-state index is -0.717. The summed E-state index contributed by atoms with van der Waals surface area (Å²) < 4.78 is 7.62. The molecule has 2 aromatic rings. The molecule has 1 aliphatic heterocycles. The van der Waals surface area contributed by atoms with Gasteiger partial charge in [-0.2, -0.15) is 4.98 Å². The number of nitrogen functional groups attached to an aromatic ring is 1. The maximum Gasteiger partial charge on any atom is 0.309 e. The largest absolute Gasteiger partial charge is 0.394 e. The first-order valence-corrected chi connectivity index (χ1v) is 6.96. The number of ether oxygens (including phenoxy) is 1. The fourth-order valence-electron chi connectivity index (χ4n) is 2.34. The lowest BCUT2D eigenvalue weighted by molar-refractivity contribution is -0.0256. The number of fused-ring (bicyclic) bond motifs is 1. The number of thiazole rings is 1. The van der Waals surface area contributed by atoms with E-state index in [0.29, 0.717) is 16.8 Å². The molecule has 1 saturated heterocycles. The third-order valence-corrected chi connectivity index (χ3v) is 4.20. The van der Waals surface area contributed by atoms with Crippen molar-refractivity contribution in [1.29, 1.82) is 0 Å². The second-order valence-electron chi connectivity index (χ2n) is 4.68. The predicted molar refractivity (Wildman–Crippen MR) is 72.5 cm³/mol. The van der Waals surface area contributed by atoms with Crippen LogP contribution < -0.4 is 10.6 Å². The SMILES string of the molecule is Nc1ncc2sc(=O)n(CC3C[C@H](O)[C@@H](CO)O3)c2n1. The summed E-state index contributed by atoms with van der Waals surface area (Å²) in [7, 11) is 0. The fourth-order valence-corrected chi connectivity index (χ4v) is 3.15. The lowest BCUT2D eigenvalue weighted by Gasteiger charge is -2.12. The zero-order valence-corrected chi connectivity index (χ0v) is 11.3. The Morgan fingerprint density at radius 3 is 3.10 bits per heavy atom. The molecule has 3 atom stereocenters. The lowest BCUT2D eigenvalue weighted by atomic mass is 10.1. The first-order chi connectivity index (χ1) is 9.58. The highest BCUT2D eigenvalue weighted by atomic mass is 32.1. The van der Waals surface area contributed by atoms with E-state index in [2.05, 4.69) is 9.97 Å². The van der Waals surface area contributed by atoms with Crippen LogP contribution in [-0.4, -0.2) is 49.7 Å². The monoisotopic (exact) mass is 298 g/mol. The second-order valence-corrected chi connectivity index (χ2v) is 5.67. The second kappa shape index (κ2) is 5.09. The molecule has 0 saturated carbocycles. The Balaban J connectivity index is 1.90. The quantitative estimate of drug-likeness (QED) is 0.660. The van der Waals surface area contributed by atoms with Crippen LogP contribution in [0.2, 0.25) is 0 Å². The van der Waals surface area contributed by atoms with Crippen LogP contribution in [0.1, 0.15) is 6.42 Å². The zero-order chi connectivity index (χ0) is 14.3. The Labute approximate surface area is 117 Å². The topological polar surface area (TPSA) is 123 Å². The molecule has 1 aliphatic rings. The normalized spacial score (nSPS) is 26.4. The van der Waals surface area contributed by atoms with Crippen LogP contribution in [0.15, 0.2) is 11.0 Å². The predicted octanol–water partition coefficient (Wildman–Crippen LogP) is -1.05. The fraction of sp³-hybridized carbons (Fsp3) is 0.545. The van der Waals surface area contributed by atoms with Crippen molar-refractivity contribution in [2.24, 2.45) is 0 Å². The van der Waals surface area contributed by atoms with Crippen LogP contribution >= 0.6 is 11.3 Å². The smallest absolute Gasteiger partial charge is 0.309 e. The van der Waals surface area contributed by atoms with Crippen molar-refractivity contribution in [1.82, 2.24) is 14.5 Å². The summed E-state index contributed by atoms with van der Waals surface area (Å²) in [6.45, 7) is 0.0227. The summed E-state index contributed by atoms with van der Waals surface area (Å²) in [6.07, 6.45) is 0.232. The average molecular weight is 298 g/mol. The van der Waals surface area contributed by atoms with Gasteiger partial charge in [0.25, 0.3) is 0 Å². The molecule has 0 spiro atoms. The Bertz CT molecular complexity index is 685. The van der Waals surface area contributed by atoms with E-state index in [4.69, 9.17) is 15.6 Å². The van der Waals surface area contributed by atoms with E-state index in [1.165, 1.54) is 10.8 Å². The van der Waals surface area contributed by atoms with E-state index in [9.17, 15) is 9.90 Å². The van der Waals surface area contributed by atoms with Crippen molar-refractivity contribution < 1.29 is 14.9 Å². The molecule has 0 radical (unpaired) electrons. The van der Waals surface area contributed by atoms with E-state index in [1.807, 2.05) is 0 Å². The van der Waals surface area contributed by atoms with Crippen LogP contribution in [0.4, 0.5) is 5.95 Å².